The molecule has 0 aliphatic carbocycles. The van der Waals surface area contributed by atoms with Gasteiger partial charge in [0.1, 0.15) is 0 Å². The highest BCUT2D eigenvalue weighted by atomic mass is 16.1. The Hall–Kier alpha value is -1.11. The summed E-state index contributed by atoms with van der Waals surface area (Å²) in [5.41, 5.74) is 3.45. The predicted octanol–water partition coefficient (Wildman–Crippen LogP) is 5.21. The number of ketones is 1. The van der Waals surface area contributed by atoms with Gasteiger partial charge in [0.15, 0.2) is 5.78 Å². The molecular formula is C18H28O. The summed E-state index contributed by atoms with van der Waals surface area (Å²) in [7, 11) is 0. The van der Waals surface area contributed by atoms with E-state index in [1.807, 2.05) is 0 Å². The quantitative estimate of drug-likeness (QED) is 0.586. The van der Waals surface area contributed by atoms with Gasteiger partial charge in [0.2, 0.25) is 0 Å². The van der Waals surface area contributed by atoms with Gasteiger partial charge < -0.3 is 0 Å². The average Bonchev–Trinajstić information content (AvgIpc) is 2.47. The zero-order valence-corrected chi connectivity index (χ0v) is 13.0. The molecule has 106 valence electrons. The Morgan fingerprint density at radius 2 is 1.84 bits per heavy atom. The van der Waals surface area contributed by atoms with E-state index in [4.69, 9.17) is 0 Å². The summed E-state index contributed by atoms with van der Waals surface area (Å²) in [5, 5.41) is 0. The van der Waals surface area contributed by atoms with Crippen molar-refractivity contribution in [2.24, 2.45) is 5.92 Å². The maximum atomic E-state index is 12.7. The molecule has 0 heterocycles. The van der Waals surface area contributed by atoms with Gasteiger partial charge in [0.05, 0.1) is 0 Å². The Bertz CT molecular complexity index is 406. The number of aryl methyl sites for hydroxylation is 2. The van der Waals surface area contributed by atoms with Gasteiger partial charge in [-0.15, -0.1) is 0 Å². The summed E-state index contributed by atoms with van der Waals surface area (Å²) in [6, 6.07) is 6.41. The first kappa shape index (κ1) is 15.9. The Morgan fingerprint density at radius 3 is 2.37 bits per heavy atom. The van der Waals surface area contributed by atoms with Crippen molar-refractivity contribution in [3.05, 3.63) is 34.9 Å². The zero-order valence-electron chi connectivity index (χ0n) is 13.0. The van der Waals surface area contributed by atoms with Gasteiger partial charge in [0, 0.05) is 11.5 Å². The molecular weight excluding hydrogens is 232 g/mol. The molecule has 1 rings (SSSR count). The van der Waals surface area contributed by atoms with Crippen molar-refractivity contribution in [1.29, 1.82) is 0 Å². The summed E-state index contributed by atoms with van der Waals surface area (Å²) in [6.07, 6.45) is 6.24. The van der Waals surface area contributed by atoms with Crippen LogP contribution in [0.2, 0.25) is 0 Å². The first-order valence-corrected chi connectivity index (χ1v) is 7.83. The lowest BCUT2D eigenvalue weighted by atomic mass is 9.87. The Morgan fingerprint density at radius 1 is 1.11 bits per heavy atom. The van der Waals surface area contributed by atoms with Crippen LogP contribution >= 0.6 is 0 Å². The van der Waals surface area contributed by atoms with Crippen LogP contribution in [0, 0.1) is 5.92 Å². The van der Waals surface area contributed by atoms with E-state index in [1.165, 1.54) is 17.5 Å². The fourth-order valence-electron chi connectivity index (χ4n) is 2.57. The first-order valence-electron chi connectivity index (χ1n) is 7.83. The largest absolute Gasteiger partial charge is 0.294 e. The van der Waals surface area contributed by atoms with Crippen LogP contribution in [0.4, 0.5) is 0 Å². The van der Waals surface area contributed by atoms with Crippen molar-refractivity contribution in [2.75, 3.05) is 0 Å². The SMILES string of the molecule is CCCCC(CC)C(=O)c1cc(CC)ccc1CC. The number of Topliss-reactive ketones (excluding diaryl/α,β-unsaturated/α-hetero) is 1. The number of carbonyl (C=O) groups is 1. The highest BCUT2D eigenvalue weighted by Gasteiger charge is 2.20. The standard InChI is InChI=1S/C18H28O/c1-5-9-10-16(8-4)18(19)17-13-14(6-2)11-12-15(17)7-3/h11-13,16H,5-10H2,1-4H3. The first-order chi connectivity index (χ1) is 9.17. The lowest BCUT2D eigenvalue weighted by Gasteiger charge is -2.16. The lowest BCUT2D eigenvalue weighted by molar-refractivity contribution is 0.0907. The number of benzene rings is 1. The Kier molecular flexibility index (Phi) is 6.83. The molecule has 0 fully saturated rings. The zero-order chi connectivity index (χ0) is 14.3. The Labute approximate surface area is 118 Å². The maximum absolute atomic E-state index is 12.7. The van der Waals surface area contributed by atoms with E-state index in [9.17, 15) is 4.79 Å². The molecule has 0 radical (unpaired) electrons. The number of unbranched alkanes of at least 4 members (excludes halogenated alkanes) is 1. The van der Waals surface area contributed by atoms with Crippen LogP contribution in [0.5, 0.6) is 0 Å². The second-order valence-electron chi connectivity index (χ2n) is 5.31. The minimum Gasteiger partial charge on any atom is -0.294 e. The molecule has 1 heteroatoms. The smallest absolute Gasteiger partial charge is 0.166 e. The minimum absolute atomic E-state index is 0.206. The van der Waals surface area contributed by atoms with Crippen LogP contribution in [-0.4, -0.2) is 5.78 Å². The van der Waals surface area contributed by atoms with E-state index in [-0.39, 0.29) is 5.92 Å². The van der Waals surface area contributed by atoms with Crippen LogP contribution in [0.25, 0.3) is 0 Å². The van der Waals surface area contributed by atoms with Gasteiger partial charge in [-0.25, -0.2) is 0 Å². The highest BCUT2D eigenvalue weighted by molar-refractivity contribution is 5.99. The Balaban J connectivity index is 3.01. The summed E-state index contributed by atoms with van der Waals surface area (Å²) in [6.45, 7) is 8.59. The number of hydrogen-bond acceptors (Lipinski definition) is 1. The number of carbonyl (C=O) groups excluding carboxylic acids is 1. The summed E-state index contributed by atoms with van der Waals surface area (Å²) in [4.78, 5) is 12.7. The molecule has 1 aromatic carbocycles. The number of hydrogen-bond donors (Lipinski definition) is 0. The van der Waals surface area contributed by atoms with Crippen LogP contribution in [-0.2, 0) is 12.8 Å². The molecule has 0 spiro atoms. The molecule has 0 aromatic heterocycles. The third-order valence-electron chi connectivity index (χ3n) is 4.00. The minimum atomic E-state index is 0.206. The van der Waals surface area contributed by atoms with Crippen LogP contribution in [0.3, 0.4) is 0 Å². The molecule has 0 amide bonds. The van der Waals surface area contributed by atoms with Gasteiger partial charge in [-0.1, -0.05) is 52.7 Å². The van der Waals surface area contributed by atoms with Gasteiger partial charge in [-0.05, 0) is 42.9 Å². The van der Waals surface area contributed by atoms with E-state index in [0.29, 0.717) is 5.78 Å². The van der Waals surface area contributed by atoms with Crippen molar-refractivity contribution in [2.45, 2.75) is 66.2 Å². The topological polar surface area (TPSA) is 17.1 Å². The van der Waals surface area contributed by atoms with E-state index in [1.54, 1.807) is 0 Å². The molecule has 0 aliphatic heterocycles. The van der Waals surface area contributed by atoms with E-state index >= 15 is 0 Å². The second kappa shape index (κ2) is 8.14. The van der Waals surface area contributed by atoms with Crippen LogP contribution in [0.1, 0.15) is 74.9 Å². The predicted molar refractivity (Wildman–Crippen MR) is 82.8 cm³/mol. The van der Waals surface area contributed by atoms with Gasteiger partial charge in [-0.2, -0.15) is 0 Å². The molecule has 0 saturated heterocycles. The molecule has 1 unspecified atom stereocenters. The van der Waals surface area contributed by atoms with Gasteiger partial charge in [0.25, 0.3) is 0 Å². The molecule has 19 heavy (non-hydrogen) atoms. The molecule has 1 aromatic rings. The molecule has 1 atom stereocenters. The van der Waals surface area contributed by atoms with Crippen molar-refractivity contribution < 1.29 is 4.79 Å². The molecule has 0 aliphatic rings. The molecule has 0 bridgehead atoms. The van der Waals surface area contributed by atoms with E-state index < -0.39 is 0 Å². The summed E-state index contributed by atoms with van der Waals surface area (Å²) in [5.74, 6) is 0.570. The fraction of sp³-hybridized carbons (Fsp3) is 0.611. The van der Waals surface area contributed by atoms with Crippen LogP contribution in [0.15, 0.2) is 18.2 Å². The van der Waals surface area contributed by atoms with Gasteiger partial charge >= 0.3 is 0 Å². The van der Waals surface area contributed by atoms with Crippen molar-refractivity contribution >= 4 is 5.78 Å². The monoisotopic (exact) mass is 260 g/mol. The normalized spacial score (nSPS) is 12.4. The third kappa shape index (κ3) is 4.19. The summed E-state index contributed by atoms with van der Waals surface area (Å²) < 4.78 is 0. The number of rotatable bonds is 8. The molecule has 1 nitrogen and oxygen atoms in total. The van der Waals surface area contributed by atoms with E-state index in [0.717, 1.165) is 37.7 Å². The fourth-order valence-corrected chi connectivity index (χ4v) is 2.57. The molecule has 0 saturated carbocycles. The summed E-state index contributed by atoms with van der Waals surface area (Å²) >= 11 is 0. The van der Waals surface area contributed by atoms with Gasteiger partial charge in [-0.3, -0.25) is 4.79 Å². The van der Waals surface area contributed by atoms with Crippen molar-refractivity contribution in [3.8, 4) is 0 Å². The van der Waals surface area contributed by atoms with Crippen LogP contribution < -0.4 is 0 Å². The van der Waals surface area contributed by atoms with E-state index in [2.05, 4.69) is 45.9 Å². The van der Waals surface area contributed by atoms with Crippen molar-refractivity contribution in [3.63, 3.8) is 0 Å². The maximum Gasteiger partial charge on any atom is 0.166 e. The highest BCUT2D eigenvalue weighted by Crippen LogP contribution is 2.23. The molecule has 0 N–H and O–H groups in total. The van der Waals surface area contributed by atoms with Crippen molar-refractivity contribution in [1.82, 2.24) is 0 Å². The second-order valence-corrected chi connectivity index (χ2v) is 5.31. The lowest BCUT2D eigenvalue weighted by Crippen LogP contribution is -2.16. The average molecular weight is 260 g/mol. The third-order valence-corrected chi connectivity index (χ3v) is 4.00.